The van der Waals surface area contributed by atoms with Gasteiger partial charge >= 0.3 is 29.6 Å². The van der Waals surface area contributed by atoms with Crippen molar-refractivity contribution < 1.29 is 60.6 Å². The molecule has 4 aromatic rings. The molecule has 0 spiro atoms. The SMILES string of the molecule is O=S(=O)(O)c1cc2cccc(S(=O)(=O)O)c2c(O)c1N=Nc1ccc(N=Nc2ccccc2)cc1.[Na+]. The fourth-order valence-electron chi connectivity index (χ4n) is 3.18. The quantitative estimate of drug-likeness (QED) is 0.193. The van der Waals surface area contributed by atoms with Gasteiger partial charge in [-0.2, -0.15) is 32.2 Å². The summed E-state index contributed by atoms with van der Waals surface area (Å²) < 4.78 is 66.5. The first-order valence-corrected chi connectivity index (χ1v) is 12.6. The summed E-state index contributed by atoms with van der Waals surface area (Å²) in [6.45, 7) is 0. The summed E-state index contributed by atoms with van der Waals surface area (Å²) in [6, 6.07) is 19.7. The third-order valence-electron chi connectivity index (χ3n) is 4.75. The van der Waals surface area contributed by atoms with E-state index in [1.54, 1.807) is 24.3 Å². The van der Waals surface area contributed by atoms with Gasteiger partial charge in [-0.05, 0) is 53.9 Å². The number of hydrogen-bond donors (Lipinski definition) is 3. The van der Waals surface area contributed by atoms with Crippen LogP contribution in [0.4, 0.5) is 22.7 Å². The minimum absolute atomic E-state index is 0. The van der Waals surface area contributed by atoms with Crippen LogP contribution in [-0.2, 0) is 20.2 Å². The zero-order valence-corrected chi connectivity index (χ0v) is 22.2. The molecule has 178 valence electrons. The number of aromatic hydroxyl groups is 1. The molecule has 0 aliphatic carbocycles. The Bertz CT molecular complexity index is 1690. The van der Waals surface area contributed by atoms with E-state index < -0.39 is 41.5 Å². The Morgan fingerprint density at radius 1 is 0.583 bits per heavy atom. The molecular weight excluding hydrogens is 519 g/mol. The molecule has 3 N–H and O–H groups in total. The Labute approximate surface area is 228 Å². The molecular formula is C22H16N4NaO7S2+. The first-order valence-electron chi connectivity index (χ1n) is 9.76. The molecule has 0 amide bonds. The van der Waals surface area contributed by atoms with Crippen molar-refractivity contribution in [1.29, 1.82) is 0 Å². The Morgan fingerprint density at radius 3 is 1.61 bits per heavy atom. The predicted molar refractivity (Wildman–Crippen MR) is 126 cm³/mol. The number of fused-ring (bicyclic) bond motifs is 1. The second-order valence-electron chi connectivity index (χ2n) is 7.13. The molecule has 11 nitrogen and oxygen atoms in total. The van der Waals surface area contributed by atoms with Gasteiger partial charge in [0.1, 0.15) is 15.5 Å². The van der Waals surface area contributed by atoms with E-state index in [-0.39, 0.29) is 46.0 Å². The molecule has 0 saturated heterocycles. The summed E-state index contributed by atoms with van der Waals surface area (Å²) in [5, 5.41) is 26.0. The van der Waals surface area contributed by atoms with Crippen molar-refractivity contribution >= 4 is 53.8 Å². The number of nitrogens with zero attached hydrogens (tertiary/aromatic N) is 4. The smallest absolute Gasteiger partial charge is 0.505 e. The van der Waals surface area contributed by atoms with Gasteiger partial charge in [0, 0.05) is 5.39 Å². The van der Waals surface area contributed by atoms with Crippen molar-refractivity contribution in [3.8, 4) is 5.75 Å². The molecule has 0 bridgehead atoms. The van der Waals surface area contributed by atoms with Crippen LogP contribution in [-0.4, -0.2) is 31.0 Å². The maximum Gasteiger partial charge on any atom is 1.00 e. The van der Waals surface area contributed by atoms with E-state index in [4.69, 9.17) is 0 Å². The van der Waals surface area contributed by atoms with Crippen molar-refractivity contribution in [2.75, 3.05) is 0 Å². The summed E-state index contributed by atoms with van der Waals surface area (Å²) in [5.74, 6) is -0.902. The molecule has 36 heavy (non-hydrogen) atoms. The average molecular weight is 536 g/mol. The van der Waals surface area contributed by atoms with Crippen LogP contribution in [0.15, 0.2) is 109 Å². The largest absolute Gasteiger partial charge is 1.00 e. The van der Waals surface area contributed by atoms with E-state index in [2.05, 4.69) is 20.5 Å². The zero-order chi connectivity index (χ0) is 25.2. The normalized spacial score (nSPS) is 12.3. The van der Waals surface area contributed by atoms with Crippen molar-refractivity contribution in [3.05, 3.63) is 78.9 Å². The first kappa shape index (κ1) is 27.5. The minimum Gasteiger partial charge on any atom is -0.505 e. The van der Waals surface area contributed by atoms with Gasteiger partial charge in [0.05, 0.1) is 17.1 Å². The summed E-state index contributed by atoms with van der Waals surface area (Å²) in [5.41, 5.74) is 0.680. The van der Waals surface area contributed by atoms with Crippen molar-refractivity contribution in [3.63, 3.8) is 0 Å². The number of phenols is 1. The van der Waals surface area contributed by atoms with E-state index in [0.29, 0.717) is 11.4 Å². The molecule has 0 aliphatic rings. The number of rotatable bonds is 6. The molecule has 4 rings (SSSR count). The van der Waals surface area contributed by atoms with Gasteiger partial charge in [0.25, 0.3) is 20.2 Å². The molecule has 0 radical (unpaired) electrons. The van der Waals surface area contributed by atoms with Crippen molar-refractivity contribution in [2.24, 2.45) is 20.5 Å². The van der Waals surface area contributed by atoms with Crippen LogP contribution < -0.4 is 29.6 Å². The molecule has 0 fully saturated rings. The van der Waals surface area contributed by atoms with Crippen molar-refractivity contribution in [2.45, 2.75) is 9.79 Å². The third kappa shape index (κ3) is 6.20. The predicted octanol–water partition coefficient (Wildman–Crippen LogP) is 2.87. The van der Waals surface area contributed by atoms with E-state index in [9.17, 15) is 31.0 Å². The number of hydrogen-bond acceptors (Lipinski definition) is 9. The average Bonchev–Trinajstić information content (AvgIpc) is 2.82. The first-order chi connectivity index (χ1) is 16.5. The van der Waals surface area contributed by atoms with Gasteiger partial charge in [-0.15, -0.1) is 5.11 Å². The van der Waals surface area contributed by atoms with Crippen molar-refractivity contribution in [1.82, 2.24) is 0 Å². The molecule has 0 heterocycles. The monoisotopic (exact) mass is 535 g/mol. The second-order valence-corrected chi connectivity index (χ2v) is 9.91. The molecule has 0 saturated carbocycles. The standard InChI is InChI=1S/C22H16N4O7S2.Na/c27-22-20-14(5-4-8-18(20)34(28,29)30)13-19(35(31,32)33)21(22)26-25-17-11-9-16(10-12-17)24-23-15-6-2-1-3-7-15;/h1-13,27H,(H,28,29,30)(H,31,32,33);/q;+1. The van der Waals surface area contributed by atoms with Crippen LogP contribution in [0.5, 0.6) is 5.75 Å². The Kier molecular flexibility index (Phi) is 8.36. The molecule has 0 atom stereocenters. The number of benzene rings is 4. The van der Waals surface area contributed by atoms with Gasteiger partial charge in [0.2, 0.25) is 0 Å². The van der Waals surface area contributed by atoms with Gasteiger partial charge < -0.3 is 5.11 Å². The molecule has 4 aromatic carbocycles. The van der Waals surface area contributed by atoms with Crippen LogP contribution in [0.3, 0.4) is 0 Å². The Hall–Kier alpha value is -3.04. The van der Waals surface area contributed by atoms with Crippen LogP contribution in [0.25, 0.3) is 10.8 Å². The van der Waals surface area contributed by atoms with E-state index in [1.165, 1.54) is 24.3 Å². The van der Waals surface area contributed by atoms with E-state index in [0.717, 1.165) is 12.1 Å². The second kappa shape index (κ2) is 10.9. The van der Waals surface area contributed by atoms with Gasteiger partial charge in [-0.25, -0.2) is 0 Å². The van der Waals surface area contributed by atoms with Crippen LogP contribution in [0.1, 0.15) is 0 Å². The van der Waals surface area contributed by atoms with Gasteiger partial charge in [-0.3, -0.25) is 9.11 Å². The summed E-state index contributed by atoms with van der Waals surface area (Å²) in [7, 11) is -9.67. The summed E-state index contributed by atoms with van der Waals surface area (Å²) >= 11 is 0. The fourth-order valence-corrected chi connectivity index (χ4v) is 4.56. The topological polar surface area (TPSA) is 178 Å². The molecule has 14 heteroatoms. The summed E-state index contributed by atoms with van der Waals surface area (Å²) in [6.07, 6.45) is 0. The van der Waals surface area contributed by atoms with Crippen LogP contribution >= 0.6 is 0 Å². The molecule has 0 aliphatic heterocycles. The van der Waals surface area contributed by atoms with Gasteiger partial charge in [-0.1, -0.05) is 30.3 Å². The fraction of sp³-hybridized carbons (Fsp3) is 0. The summed E-state index contributed by atoms with van der Waals surface area (Å²) in [4.78, 5) is -1.47. The number of phenolic OH excluding ortho intramolecular Hbond substituents is 1. The maximum atomic E-state index is 11.9. The molecule has 0 unspecified atom stereocenters. The Balaban J connectivity index is 0.00000361. The number of azo groups is 2. The van der Waals surface area contributed by atoms with E-state index >= 15 is 0 Å². The minimum atomic E-state index is -4.89. The van der Waals surface area contributed by atoms with E-state index in [1.807, 2.05) is 18.2 Å². The van der Waals surface area contributed by atoms with Crippen LogP contribution in [0.2, 0.25) is 0 Å². The Morgan fingerprint density at radius 2 is 1.08 bits per heavy atom. The van der Waals surface area contributed by atoms with Gasteiger partial charge in [0.15, 0.2) is 5.75 Å². The van der Waals surface area contributed by atoms with Crippen LogP contribution in [0, 0.1) is 0 Å². The third-order valence-corrected chi connectivity index (χ3v) is 6.51. The molecule has 0 aromatic heterocycles. The maximum absolute atomic E-state index is 11.9. The zero-order valence-electron chi connectivity index (χ0n) is 18.6.